The van der Waals surface area contributed by atoms with Gasteiger partial charge in [0, 0.05) is 16.5 Å². The number of benzene rings is 1. The lowest BCUT2D eigenvalue weighted by Crippen LogP contribution is -2.45. The van der Waals surface area contributed by atoms with Gasteiger partial charge >= 0.3 is 0 Å². The Labute approximate surface area is 94.2 Å². The summed E-state index contributed by atoms with van der Waals surface area (Å²) >= 11 is 1.64. The fraction of sp³-hybridized carbons (Fsp3) is 0.364. The number of thioether (sulfide) groups is 1. The number of nitrogens with two attached hydrogens (primary N) is 2. The molecule has 1 aromatic carbocycles. The van der Waals surface area contributed by atoms with Crippen LogP contribution in [0.4, 0.5) is 0 Å². The average molecular weight is 224 g/mol. The van der Waals surface area contributed by atoms with Crippen LogP contribution < -0.4 is 11.5 Å². The van der Waals surface area contributed by atoms with Crippen molar-refractivity contribution in [3.05, 3.63) is 29.8 Å². The van der Waals surface area contributed by atoms with Crippen LogP contribution in [0.1, 0.15) is 17.3 Å². The summed E-state index contributed by atoms with van der Waals surface area (Å²) in [6, 6.07) is 6.45. The van der Waals surface area contributed by atoms with Crippen molar-refractivity contribution in [3.8, 4) is 0 Å². The van der Waals surface area contributed by atoms with Crippen LogP contribution in [0.5, 0.6) is 0 Å². The molecule has 0 radical (unpaired) electrons. The number of Topliss-reactive ketones (excluding diaryl/α,β-unsaturated/α-hetero) is 1. The van der Waals surface area contributed by atoms with Crippen molar-refractivity contribution in [1.29, 1.82) is 0 Å². The minimum Gasteiger partial charge on any atom is -0.326 e. The summed E-state index contributed by atoms with van der Waals surface area (Å²) in [5, 5.41) is 0. The van der Waals surface area contributed by atoms with Gasteiger partial charge in [0.1, 0.15) is 0 Å². The molecule has 0 spiro atoms. The van der Waals surface area contributed by atoms with Gasteiger partial charge in [0.15, 0.2) is 5.78 Å². The third-order valence-corrected chi connectivity index (χ3v) is 2.99. The summed E-state index contributed by atoms with van der Waals surface area (Å²) in [4.78, 5) is 12.9. The second kappa shape index (κ2) is 5.30. The number of hydrogen-bond donors (Lipinski definition) is 2. The van der Waals surface area contributed by atoms with Crippen molar-refractivity contribution in [2.75, 3.05) is 6.26 Å². The van der Waals surface area contributed by atoms with Crippen molar-refractivity contribution < 1.29 is 4.79 Å². The van der Waals surface area contributed by atoms with Crippen molar-refractivity contribution in [3.63, 3.8) is 0 Å². The molecular formula is C11H16N2OS. The molecule has 2 unspecified atom stereocenters. The Hall–Kier alpha value is -0.840. The van der Waals surface area contributed by atoms with E-state index in [4.69, 9.17) is 11.5 Å². The molecule has 4 N–H and O–H groups in total. The van der Waals surface area contributed by atoms with Crippen molar-refractivity contribution >= 4 is 17.5 Å². The molecule has 3 nitrogen and oxygen atoms in total. The molecule has 2 atom stereocenters. The summed E-state index contributed by atoms with van der Waals surface area (Å²) < 4.78 is 0. The van der Waals surface area contributed by atoms with Crippen LogP contribution in [0, 0.1) is 0 Å². The predicted molar refractivity (Wildman–Crippen MR) is 64.2 cm³/mol. The number of carbonyl (C=O) groups excluding carboxylic acids is 1. The number of rotatable bonds is 4. The second-order valence-corrected chi connectivity index (χ2v) is 4.36. The molecule has 0 saturated carbocycles. The summed E-state index contributed by atoms with van der Waals surface area (Å²) in [6.45, 7) is 1.73. The Morgan fingerprint density at radius 2 is 1.80 bits per heavy atom. The Kier molecular flexibility index (Phi) is 4.32. The number of carbonyl (C=O) groups is 1. The van der Waals surface area contributed by atoms with E-state index in [1.807, 2.05) is 18.4 Å². The first kappa shape index (κ1) is 12.2. The Morgan fingerprint density at radius 3 is 2.20 bits per heavy atom. The first-order valence-electron chi connectivity index (χ1n) is 4.75. The maximum absolute atomic E-state index is 11.8. The van der Waals surface area contributed by atoms with E-state index >= 15 is 0 Å². The summed E-state index contributed by atoms with van der Waals surface area (Å²) in [5.74, 6) is -0.0994. The molecule has 0 amide bonds. The van der Waals surface area contributed by atoms with Crippen LogP contribution in [0.2, 0.25) is 0 Å². The largest absolute Gasteiger partial charge is 0.326 e. The fourth-order valence-electron chi connectivity index (χ4n) is 1.19. The van der Waals surface area contributed by atoms with Crippen molar-refractivity contribution in [2.24, 2.45) is 11.5 Å². The van der Waals surface area contributed by atoms with Crippen LogP contribution in [0.25, 0.3) is 0 Å². The molecule has 0 heterocycles. The van der Waals surface area contributed by atoms with Gasteiger partial charge in [-0.2, -0.15) is 0 Å². The minimum absolute atomic E-state index is 0.0994. The standard InChI is InChI=1S/C11H16N2OS/c1-7(12)10(13)11(14)8-3-5-9(15-2)6-4-8/h3-7,10H,12-13H2,1-2H3. The van der Waals surface area contributed by atoms with Crippen molar-refractivity contribution in [1.82, 2.24) is 0 Å². The van der Waals surface area contributed by atoms with Gasteiger partial charge in [-0.1, -0.05) is 12.1 Å². The van der Waals surface area contributed by atoms with Crippen LogP contribution in [-0.2, 0) is 0 Å². The average Bonchev–Trinajstić information content (AvgIpc) is 2.27. The molecule has 82 valence electrons. The minimum atomic E-state index is -0.620. The number of ketones is 1. The summed E-state index contributed by atoms with van der Waals surface area (Å²) in [5.41, 5.74) is 11.9. The topological polar surface area (TPSA) is 69.1 Å². The van der Waals surface area contributed by atoms with E-state index in [2.05, 4.69) is 0 Å². The molecule has 15 heavy (non-hydrogen) atoms. The quantitative estimate of drug-likeness (QED) is 0.597. The summed E-state index contributed by atoms with van der Waals surface area (Å²) in [6.07, 6.45) is 1.99. The van der Waals surface area contributed by atoms with Gasteiger partial charge in [-0.25, -0.2) is 0 Å². The Balaban J connectivity index is 2.83. The zero-order chi connectivity index (χ0) is 11.4. The van der Waals surface area contributed by atoms with E-state index in [9.17, 15) is 4.79 Å². The van der Waals surface area contributed by atoms with Crippen LogP contribution in [0.3, 0.4) is 0 Å². The Morgan fingerprint density at radius 1 is 1.27 bits per heavy atom. The van der Waals surface area contributed by atoms with Gasteiger partial charge in [0.2, 0.25) is 0 Å². The molecule has 1 aromatic rings. The smallest absolute Gasteiger partial charge is 0.181 e. The Bertz CT molecular complexity index is 335. The van der Waals surface area contributed by atoms with E-state index in [0.717, 1.165) is 4.90 Å². The molecule has 0 bridgehead atoms. The molecule has 0 fully saturated rings. The lowest BCUT2D eigenvalue weighted by molar-refractivity contribution is 0.0952. The maximum Gasteiger partial charge on any atom is 0.181 e. The highest BCUT2D eigenvalue weighted by Crippen LogP contribution is 2.15. The third kappa shape index (κ3) is 3.06. The van der Waals surface area contributed by atoms with E-state index in [1.54, 1.807) is 30.8 Å². The SMILES string of the molecule is CSc1ccc(C(=O)C(N)C(C)N)cc1. The second-order valence-electron chi connectivity index (χ2n) is 3.48. The van der Waals surface area contributed by atoms with Gasteiger partial charge in [-0.3, -0.25) is 4.79 Å². The van der Waals surface area contributed by atoms with Gasteiger partial charge in [-0.15, -0.1) is 11.8 Å². The zero-order valence-corrected chi connectivity index (χ0v) is 9.75. The molecular weight excluding hydrogens is 208 g/mol. The van der Waals surface area contributed by atoms with Crippen molar-refractivity contribution in [2.45, 2.75) is 23.9 Å². The monoisotopic (exact) mass is 224 g/mol. The molecule has 1 rings (SSSR count). The van der Waals surface area contributed by atoms with E-state index in [1.165, 1.54) is 0 Å². The van der Waals surface area contributed by atoms with E-state index in [-0.39, 0.29) is 11.8 Å². The lowest BCUT2D eigenvalue weighted by Gasteiger charge is -2.14. The molecule has 0 aliphatic heterocycles. The lowest BCUT2D eigenvalue weighted by atomic mass is 10.0. The molecule has 0 aliphatic rings. The van der Waals surface area contributed by atoms with E-state index in [0.29, 0.717) is 5.56 Å². The molecule has 0 aromatic heterocycles. The number of hydrogen-bond acceptors (Lipinski definition) is 4. The normalized spacial score (nSPS) is 14.7. The highest BCUT2D eigenvalue weighted by Gasteiger charge is 2.18. The highest BCUT2D eigenvalue weighted by molar-refractivity contribution is 7.98. The van der Waals surface area contributed by atoms with Crippen LogP contribution in [-0.4, -0.2) is 24.1 Å². The molecule has 0 aliphatic carbocycles. The fourth-order valence-corrected chi connectivity index (χ4v) is 1.59. The highest BCUT2D eigenvalue weighted by atomic mass is 32.2. The van der Waals surface area contributed by atoms with Gasteiger partial charge in [0.25, 0.3) is 0 Å². The van der Waals surface area contributed by atoms with E-state index < -0.39 is 6.04 Å². The van der Waals surface area contributed by atoms with Gasteiger partial charge in [0.05, 0.1) is 6.04 Å². The first-order chi connectivity index (χ1) is 7.06. The van der Waals surface area contributed by atoms with Crippen LogP contribution in [0.15, 0.2) is 29.2 Å². The summed E-state index contributed by atoms with van der Waals surface area (Å²) in [7, 11) is 0. The molecule has 0 saturated heterocycles. The van der Waals surface area contributed by atoms with Gasteiger partial charge in [-0.05, 0) is 25.3 Å². The zero-order valence-electron chi connectivity index (χ0n) is 8.94. The maximum atomic E-state index is 11.8. The first-order valence-corrected chi connectivity index (χ1v) is 5.98. The molecule has 4 heteroatoms. The van der Waals surface area contributed by atoms with Gasteiger partial charge < -0.3 is 11.5 Å². The predicted octanol–water partition coefficient (Wildman–Crippen LogP) is 1.27. The third-order valence-electron chi connectivity index (χ3n) is 2.24. The van der Waals surface area contributed by atoms with Crippen LogP contribution >= 0.6 is 11.8 Å².